The quantitative estimate of drug-likeness (QED) is 0.479. The van der Waals surface area contributed by atoms with E-state index in [0.717, 1.165) is 24.4 Å². The Morgan fingerprint density at radius 1 is 0.909 bits per heavy atom. The van der Waals surface area contributed by atoms with Crippen LogP contribution in [-0.4, -0.2) is 23.9 Å². The topological polar surface area (TPSA) is 32.3 Å². The highest BCUT2D eigenvalue weighted by atomic mass is 16.1. The Labute approximate surface area is 132 Å². The molecule has 0 fully saturated rings. The number of hydrogen-bond donors (Lipinski definition) is 1. The lowest BCUT2D eigenvalue weighted by Crippen LogP contribution is -2.36. The Hall–Kier alpha value is -2.39. The molecule has 0 spiro atoms. The van der Waals surface area contributed by atoms with E-state index in [2.05, 4.69) is 24.3 Å². The van der Waals surface area contributed by atoms with Crippen LogP contribution in [0.15, 0.2) is 66.7 Å². The van der Waals surface area contributed by atoms with Crippen molar-refractivity contribution >= 4 is 11.5 Å². The summed E-state index contributed by atoms with van der Waals surface area (Å²) < 4.78 is 0. The third kappa shape index (κ3) is 4.30. The number of benzene rings is 2. The van der Waals surface area contributed by atoms with Gasteiger partial charge in [0.15, 0.2) is 5.78 Å². The van der Waals surface area contributed by atoms with Crippen LogP contribution in [0.4, 0.5) is 0 Å². The van der Waals surface area contributed by atoms with Crippen molar-refractivity contribution in [3.05, 3.63) is 77.9 Å². The van der Waals surface area contributed by atoms with Gasteiger partial charge in [-0.3, -0.25) is 4.79 Å². The average molecular weight is 294 g/mol. The number of nitrogens with zero attached hydrogens (tertiary/aromatic N) is 1. The Morgan fingerprint density at radius 2 is 1.41 bits per heavy atom. The van der Waals surface area contributed by atoms with Crippen molar-refractivity contribution < 1.29 is 4.79 Å². The molecule has 2 rings (SSSR count). The van der Waals surface area contributed by atoms with Gasteiger partial charge in [0, 0.05) is 24.7 Å². The van der Waals surface area contributed by atoms with Gasteiger partial charge in [0.05, 0.1) is 5.70 Å². The van der Waals surface area contributed by atoms with Crippen molar-refractivity contribution in [2.45, 2.75) is 13.8 Å². The van der Waals surface area contributed by atoms with Crippen molar-refractivity contribution in [3.8, 4) is 0 Å². The Morgan fingerprint density at radius 3 is 1.91 bits per heavy atom. The largest absolute Gasteiger partial charge is 0.318 e. The van der Waals surface area contributed by atoms with Crippen molar-refractivity contribution in [1.29, 1.82) is 0 Å². The first-order valence-corrected chi connectivity index (χ1v) is 7.62. The zero-order valence-corrected chi connectivity index (χ0v) is 13.1. The molecule has 0 saturated carbocycles. The van der Waals surface area contributed by atoms with Crippen LogP contribution in [0.25, 0.3) is 5.70 Å². The molecular formula is C19H22N2O. The molecule has 22 heavy (non-hydrogen) atoms. The van der Waals surface area contributed by atoms with Gasteiger partial charge in [-0.2, -0.15) is 0 Å². The van der Waals surface area contributed by atoms with Crippen LogP contribution >= 0.6 is 0 Å². The smallest absolute Gasteiger partial charge is 0.187 e. The SMILES string of the molecule is CCN(CC)NC(=CC(=O)c1ccccc1)c1ccccc1. The molecule has 0 aliphatic heterocycles. The Bertz CT molecular complexity index is 616. The fraction of sp³-hybridized carbons (Fsp3) is 0.211. The number of carbonyl (C=O) groups is 1. The lowest BCUT2D eigenvalue weighted by molar-refractivity contribution is 0.104. The van der Waals surface area contributed by atoms with Gasteiger partial charge in [-0.1, -0.05) is 74.5 Å². The maximum absolute atomic E-state index is 12.5. The molecule has 1 N–H and O–H groups in total. The van der Waals surface area contributed by atoms with Crippen LogP contribution < -0.4 is 5.43 Å². The molecule has 0 aromatic heterocycles. The lowest BCUT2D eigenvalue weighted by Gasteiger charge is -2.23. The van der Waals surface area contributed by atoms with Gasteiger partial charge in [-0.05, 0) is 5.56 Å². The molecular weight excluding hydrogens is 272 g/mol. The second-order valence-corrected chi connectivity index (χ2v) is 4.94. The van der Waals surface area contributed by atoms with E-state index < -0.39 is 0 Å². The van der Waals surface area contributed by atoms with Crippen LogP contribution in [0.5, 0.6) is 0 Å². The summed E-state index contributed by atoms with van der Waals surface area (Å²) in [6, 6.07) is 19.2. The fourth-order valence-corrected chi connectivity index (χ4v) is 2.17. The van der Waals surface area contributed by atoms with Gasteiger partial charge in [-0.25, -0.2) is 5.01 Å². The normalized spacial score (nSPS) is 11.5. The second kappa shape index (κ2) is 8.15. The molecule has 0 amide bonds. The van der Waals surface area contributed by atoms with Gasteiger partial charge >= 0.3 is 0 Å². The summed E-state index contributed by atoms with van der Waals surface area (Å²) in [5.74, 6) is -0.000825. The van der Waals surface area contributed by atoms with E-state index in [9.17, 15) is 4.79 Å². The average Bonchev–Trinajstić information content (AvgIpc) is 2.60. The molecule has 114 valence electrons. The van der Waals surface area contributed by atoms with E-state index in [1.165, 1.54) is 0 Å². The molecule has 0 aliphatic rings. The van der Waals surface area contributed by atoms with E-state index >= 15 is 0 Å². The van der Waals surface area contributed by atoms with E-state index in [4.69, 9.17) is 0 Å². The van der Waals surface area contributed by atoms with Gasteiger partial charge in [-0.15, -0.1) is 0 Å². The van der Waals surface area contributed by atoms with Crippen LogP contribution in [0.2, 0.25) is 0 Å². The molecule has 0 unspecified atom stereocenters. The molecule has 0 atom stereocenters. The van der Waals surface area contributed by atoms with E-state index in [1.807, 2.05) is 60.7 Å². The van der Waals surface area contributed by atoms with Crippen LogP contribution in [0, 0.1) is 0 Å². The second-order valence-electron chi connectivity index (χ2n) is 4.94. The summed E-state index contributed by atoms with van der Waals surface area (Å²) in [7, 11) is 0. The standard InChI is InChI=1S/C19H22N2O/c1-3-21(4-2)20-18(16-11-7-5-8-12-16)15-19(22)17-13-9-6-10-14-17/h5-15,20H,3-4H2,1-2H3. The highest BCUT2D eigenvalue weighted by Crippen LogP contribution is 2.13. The first kappa shape index (κ1) is 16.0. The van der Waals surface area contributed by atoms with Crippen molar-refractivity contribution in [1.82, 2.24) is 10.4 Å². The molecule has 0 bridgehead atoms. The number of carbonyl (C=O) groups excluding carboxylic acids is 1. The minimum Gasteiger partial charge on any atom is -0.318 e. The van der Waals surface area contributed by atoms with Crippen LogP contribution in [0.3, 0.4) is 0 Å². The molecule has 3 heteroatoms. The zero-order chi connectivity index (χ0) is 15.8. The summed E-state index contributed by atoms with van der Waals surface area (Å²) in [4.78, 5) is 12.5. The summed E-state index contributed by atoms with van der Waals surface area (Å²) in [6.07, 6.45) is 1.67. The van der Waals surface area contributed by atoms with Gasteiger partial charge < -0.3 is 5.43 Å². The number of hydrazine groups is 1. The summed E-state index contributed by atoms with van der Waals surface area (Å²) in [5.41, 5.74) is 5.85. The number of allylic oxidation sites excluding steroid dienone is 1. The summed E-state index contributed by atoms with van der Waals surface area (Å²) in [5, 5.41) is 2.07. The molecule has 2 aromatic rings. The minimum atomic E-state index is -0.000825. The highest BCUT2D eigenvalue weighted by molar-refractivity contribution is 6.08. The fourth-order valence-electron chi connectivity index (χ4n) is 2.17. The molecule has 0 heterocycles. The van der Waals surface area contributed by atoms with Gasteiger partial charge in [0.25, 0.3) is 0 Å². The van der Waals surface area contributed by atoms with E-state index in [-0.39, 0.29) is 5.78 Å². The third-order valence-corrected chi connectivity index (χ3v) is 3.46. The van der Waals surface area contributed by atoms with Crippen molar-refractivity contribution in [3.63, 3.8) is 0 Å². The highest BCUT2D eigenvalue weighted by Gasteiger charge is 2.09. The number of nitrogens with one attached hydrogen (secondary N) is 1. The molecule has 0 radical (unpaired) electrons. The van der Waals surface area contributed by atoms with Gasteiger partial charge in [0.1, 0.15) is 0 Å². The molecule has 2 aromatic carbocycles. The number of rotatable bonds is 7. The van der Waals surface area contributed by atoms with Crippen molar-refractivity contribution in [2.75, 3.05) is 13.1 Å². The monoisotopic (exact) mass is 294 g/mol. The predicted octanol–water partition coefficient (Wildman–Crippen LogP) is 3.76. The van der Waals surface area contributed by atoms with Gasteiger partial charge in [0.2, 0.25) is 0 Å². The molecule has 0 aliphatic carbocycles. The van der Waals surface area contributed by atoms with Crippen LogP contribution in [0.1, 0.15) is 29.8 Å². The lowest BCUT2D eigenvalue weighted by atomic mass is 10.1. The van der Waals surface area contributed by atoms with E-state index in [1.54, 1.807) is 6.08 Å². The predicted molar refractivity (Wildman–Crippen MR) is 91.2 cm³/mol. The molecule has 0 saturated heterocycles. The third-order valence-electron chi connectivity index (χ3n) is 3.46. The summed E-state index contributed by atoms with van der Waals surface area (Å²) in [6.45, 7) is 5.89. The van der Waals surface area contributed by atoms with E-state index in [0.29, 0.717) is 5.56 Å². The Kier molecular flexibility index (Phi) is 5.92. The first-order valence-electron chi connectivity index (χ1n) is 7.62. The first-order chi connectivity index (χ1) is 10.7. The summed E-state index contributed by atoms with van der Waals surface area (Å²) >= 11 is 0. The number of hydrogen-bond acceptors (Lipinski definition) is 3. The maximum atomic E-state index is 12.5. The molecule has 3 nitrogen and oxygen atoms in total. The zero-order valence-electron chi connectivity index (χ0n) is 13.1. The number of ketones is 1. The minimum absolute atomic E-state index is 0.000825. The van der Waals surface area contributed by atoms with Crippen molar-refractivity contribution in [2.24, 2.45) is 0 Å². The van der Waals surface area contributed by atoms with Crippen LogP contribution in [-0.2, 0) is 0 Å². The Balaban J connectivity index is 2.31. The maximum Gasteiger partial charge on any atom is 0.187 e.